The smallest absolute Gasteiger partial charge is 0.423 e. The third-order valence-electron chi connectivity index (χ3n) is 2.45. The summed E-state index contributed by atoms with van der Waals surface area (Å²) < 4.78 is 0. The summed E-state index contributed by atoms with van der Waals surface area (Å²) in [6.07, 6.45) is 0. The lowest BCUT2D eigenvalue weighted by molar-refractivity contribution is 0.0951. The van der Waals surface area contributed by atoms with Gasteiger partial charge in [-0.25, -0.2) is 0 Å². The number of hydrogen-bond acceptors (Lipinski definition) is 4. The van der Waals surface area contributed by atoms with Crippen LogP contribution in [0.4, 0.5) is 0 Å². The average molecular weight is 261 g/mol. The van der Waals surface area contributed by atoms with Gasteiger partial charge in [-0.15, -0.1) is 11.3 Å². The number of carbonyl (C=O) groups is 1. The van der Waals surface area contributed by atoms with E-state index in [9.17, 15) is 4.79 Å². The normalized spacial score (nSPS) is 10.1. The maximum absolute atomic E-state index is 11.8. The largest absolute Gasteiger partial charge is 0.488 e. The first-order valence-electron chi connectivity index (χ1n) is 5.43. The van der Waals surface area contributed by atoms with E-state index in [1.54, 1.807) is 29.5 Å². The molecule has 0 aliphatic carbocycles. The molecule has 2 aromatic rings. The van der Waals surface area contributed by atoms with Crippen molar-refractivity contribution in [3.05, 3.63) is 52.2 Å². The Morgan fingerprint density at radius 3 is 2.78 bits per heavy atom. The van der Waals surface area contributed by atoms with Crippen LogP contribution in [-0.2, 0) is 6.54 Å². The molecule has 6 heteroatoms. The topological polar surface area (TPSA) is 69.6 Å². The molecule has 4 nitrogen and oxygen atoms in total. The highest BCUT2D eigenvalue weighted by atomic mass is 32.1. The van der Waals surface area contributed by atoms with Crippen molar-refractivity contribution in [2.75, 3.05) is 0 Å². The van der Waals surface area contributed by atoms with Gasteiger partial charge in [0, 0.05) is 10.4 Å². The number of nitrogens with one attached hydrogen (secondary N) is 1. The van der Waals surface area contributed by atoms with E-state index in [1.165, 1.54) is 6.07 Å². The fourth-order valence-corrected chi connectivity index (χ4v) is 2.17. The zero-order chi connectivity index (χ0) is 13.0. The van der Waals surface area contributed by atoms with Crippen LogP contribution in [0.2, 0.25) is 0 Å². The zero-order valence-corrected chi connectivity index (χ0v) is 10.4. The summed E-state index contributed by atoms with van der Waals surface area (Å²) in [7, 11) is -1.56. The van der Waals surface area contributed by atoms with Gasteiger partial charge in [0.1, 0.15) is 0 Å². The molecule has 1 aromatic heterocycles. The van der Waals surface area contributed by atoms with Crippen molar-refractivity contribution in [3.8, 4) is 0 Å². The Hall–Kier alpha value is -1.63. The molecule has 0 unspecified atom stereocenters. The first-order valence-corrected chi connectivity index (χ1v) is 6.31. The number of benzene rings is 1. The van der Waals surface area contributed by atoms with Crippen molar-refractivity contribution < 1.29 is 14.8 Å². The molecule has 18 heavy (non-hydrogen) atoms. The molecule has 3 N–H and O–H groups in total. The molecule has 2 rings (SSSR count). The van der Waals surface area contributed by atoms with Gasteiger partial charge >= 0.3 is 7.12 Å². The van der Waals surface area contributed by atoms with Crippen molar-refractivity contribution in [1.82, 2.24) is 5.32 Å². The van der Waals surface area contributed by atoms with Crippen LogP contribution in [-0.4, -0.2) is 23.1 Å². The molecule has 0 saturated heterocycles. The van der Waals surface area contributed by atoms with Crippen LogP contribution in [0.25, 0.3) is 0 Å². The van der Waals surface area contributed by atoms with Crippen molar-refractivity contribution >= 4 is 29.8 Å². The van der Waals surface area contributed by atoms with Gasteiger partial charge in [-0.05, 0) is 29.0 Å². The zero-order valence-electron chi connectivity index (χ0n) is 9.54. The number of thiophene rings is 1. The van der Waals surface area contributed by atoms with E-state index in [0.29, 0.717) is 17.6 Å². The van der Waals surface area contributed by atoms with Gasteiger partial charge < -0.3 is 15.4 Å². The van der Waals surface area contributed by atoms with Crippen molar-refractivity contribution in [2.45, 2.75) is 6.54 Å². The van der Waals surface area contributed by atoms with Crippen molar-refractivity contribution in [3.63, 3.8) is 0 Å². The van der Waals surface area contributed by atoms with Crippen LogP contribution in [0.5, 0.6) is 0 Å². The molecular weight excluding hydrogens is 249 g/mol. The monoisotopic (exact) mass is 261 g/mol. The van der Waals surface area contributed by atoms with Gasteiger partial charge in [0.05, 0.1) is 6.54 Å². The van der Waals surface area contributed by atoms with Crippen LogP contribution in [0.3, 0.4) is 0 Å². The molecule has 92 valence electrons. The molecule has 0 aliphatic rings. The number of rotatable bonds is 4. The van der Waals surface area contributed by atoms with E-state index in [-0.39, 0.29) is 5.91 Å². The first-order chi connectivity index (χ1) is 8.66. The molecule has 0 bridgehead atoms. The van der Waals surface area contributed by atoms with Gasteiger partial charge in [0.2, 0.25) is 0 Å². The van der Waals surface area contributed by atoms with E-state index < -0.39 is 7.12 Å². The summed E-state index contributed by atoms with van der Waals surface area (Å²) in [6, 6.07) is 10.1. The lowest BCUT2D eigenvalue weighted by Crippen LogP contribution is -2.31. The van der Waals surface area contributed by atoms with Gasteiger partial charge in [-0.1, -0.05) is 18.2 Å². The number of carbonyl (C=O) groups excluding carboxylic acids is 1. The third kappa shape index (κ3) is 3.19. The van der Waals surface area contributed by atoms with E-state index in [1.807, 2.05) is 17.5 Å². The quantitative estimate of drug-likeness (QED) is 0.696. The Morgan fingerprint density at radius 2 is 2.11 bits per heavy atom. The van der Waals surface area contributed by atoms with Gasteiger partial charge in [0.15, 0.2) is 0 Å². The van der Waals surface area contributed by atoms with E-state index in [2.05, 4.69) is 5.32 Å². The van der Waals surface area contributed by atoms with Crippen LogP contribution >= 0.6 is 11.3 Å². The molecule has 0 atom stereocenters. The van der Waals surface area contributed by atoms with Gasteiger partial charge in [-0.3, -0.25) is 4.79 Å². The van der Waals surface area contributed by atoms with Crippen LogP contribution in [0.15, 0.2) is 41.8 Å². The van der Waals surface area contributed by atoms with Gasteiger partial charge in [-0.2, -0.15) is 0 Å². The predicted octanol–water partition coefficient (Wildman–Crippen LogP) is 0.358. The molecule has 0 radical (unpaired) electrons. The molecule has 1 heterocycles. The van der Waals surface area contributed by atoms with E-state index in [0.717, 1.165) is 4.88 Å². The molecule has 0 aliphatic heterocycles. The summed E-state index contributed by atoms with van der Waals surface area (Å²) in [5.41, 5.74) is 0.718. The summed E-state index contributed by atoms with van der Waals surface area (Å²) in [6.45, 7) is 0.475. The Bertz CT molecular complexity index is 528. The molecular formula is C12H12BNO3S. The van der Waals surface area contributed by atoms with Crippen molar-refractivity contribution in [1.29, 1.82) is 0 Å². The molecule has 1 aromatic carbocycles. The van der Waals surface area contributed by atoms with E-state index in [4.69, 9.17) is 10.0 Å². The highest BCUT2D eigenvalue weighted by molar-refractivity contribution is 7.09. The highest BCUT2D eigenvalue weighted by Crippen LogP contribution is 2.08. The van der Waals surface area contributed by atoms with E-state index >= 15 is 0 Å². The predicted molar refractivity (Wildman–Crippen MR) is 71.8 cm³/mol. The lowest BCUT2D eigenvalue weighted by atomic mass is 9.79. The minimum Gasteiger partial charge on any atom is -0.423 e. The van der Waals surface area contributed by atoms with Crippen LogP contribution < -0.4 is 10.8 Å². The minimum atomic E-state index is -1.56. The fraction of sp³-hybridized carbons (Fsp3) is 0.0833. The molecule has 0 spiro atoms. The standard InChI is InChI=1S/C12H12BNO3S/c15-12(14-8-11-5-2-6-18-11)9-3-1-4-10(7-9)13(16)17/h1-7,16-17H,8H2,(H,14,15). The number of hydrogen-bond donors (Lipinski definition) is 3. The second-order valence-corrected chi connectivity index (χ2v) is 4.79. The number of amides is 1. The SMILES string of the molecule is O=C(NCc1cccs1)c1cccc(B(O)O)c1. The molecule has 0 saturated carbocycles. The highest BCUT2D eigenvalue weighted by Gasteiger charge is 2.13. The van der Waals surface area contributed by atoms with Crippen LogP contribution in [0.1, 0.15) is 15.2 Å². The minimum absolute atomic E-state index is 0.231. The summed E-state index contributed by atoms with van der Waals surface area (Å²) >= 11 is 1.57. The Morgan fingerprint density at radius 1 is 1.28 bits per heavy atom. The van der Waals surface area contributed by atoms with Gasteiger partial charge in [0.25, 0.3) is 5.91 Å². The molecule has 1 amide bonds. The second-order valence-electron chi connectivity index (χ2n) is 3.76. The molecule has 0 fully saturated rings. The maximum atomic E-state index is 11.8. The lowest BCUT2D eigenvalue weighted by Gasteiger charge is -2.05. The summed E-state index contributed by atoms with van der Waals surface area (Å²) in [4.78, 5) is 12.9. The first kappa shape index (κ1) is 12.8. The maximum Gasteiger partial charge on any atom is 0.488 e. The Labute approximate surface area is 109 Å². The Balaban J connectivity index is 2.02. The van der Waals surface area contributed by atoms with Crippen molar-refractivity contribution in [2.24, 2.45) is 0 Å². The fourth-order valence-electron chi connectivity index (χ4n) is 1.52. The summed E-state index contributed by atoms with van der Waals surface area (Å²) in [5, 5.41) is 22.8. The third-order valence-corrected chi connectivity index (χ3v) is 3.33. The average Bonchev–Trinajstić information content (AvgIpc) is 2.89. The second kappa shape index (κ2) is 5.81. The Kier molecular flexibility index (Phi) is 4.14. The summed E-state index contributed by atoms with van der Waals surface area (Å²) in [5.74, 6) is -0.231. The van der Waals surface area contributed by atoms with Crippen LogP contribution in [0, 0.1) is 0 Å².